The Morgan fingerprint density at radius 1 is 1.13 bits per heavy atom. The van der Waals surface area contributed by atoms with Crippen molar-refractivity contribution in [3.8, 4) is 11.3 Å². The van der Waals surface area contributed by atoms with E-state index in [1.165, 1.54) is 6.07 Å². The van der Waals surface area contributed by atoms with Crippen molar-refractivity contribution in [1.82, 2.24) is 15.4 Å². The molecule has 156 valence electrons. The molecule has 0 bridgehead atoms. The van der Waals surface area contributed by atoms with Crippen LogP contribution in [0.1, 0.15) is 34.5 Å². The van der Waals surface area contributed by atoms with Crippen LogP contribution in [0.5, 0.6) is 0 Å². The van der Waals surface area contributed by atoms with Gasteiger partial charge in [0.1, 0.15) is 17.0 Å². The number of hydrogen-bond acceptors (Lipinski definition) is 4. The highest BCUT2D eigenvalue weighted by Crippen LogP contribution is 2.25. The van der Waals surface area contributed by atoms with Gasteiger partial charge in [-0.25, -0.2) is 8.78 Å². The second-order valence-electron chi connectivity index (χ2n) is 7.60. The summed E-state index contributed by atoms with van der Waals surface area (Å²) in [7, 11) is 0. The molecule has 0 spiro atoms. The maximum absolute atomic E-state index is 13.4. The molecule has 2 heterocycles. The lowest BCUT2D eigenvalue weighted by Crippen LogP contribution is -2.44. The minimum absolute atomic E-state index is 0.0385. The van der Waals surface area contributed by atoms with E-state index in [0.717, 1.165) is 43.1 Å². The molecule has 1 aromatic heterocycles. The number of nitrogens with zero attached hydrogens (tertiary/aromatic N) is 2. The van der Waals surface area contributed by atoms with Gasteiger partial charge in [0, 0.05) is 31.2 Å². The Hall–Kier alpha value is -3.06. The minimum Gasteiger partial charge on any atom is -0.360 e. The summed E-state index contributed by atoms with van der Waals surface area (Å²) < 4.78 is 31.8. The van der Waals surface area contributed by atoms with E-state index in [2.05, 4.69) is 15.4 Å². The van der Waals surface area contributed by atoms with Gasteiger partial charge in [0.15, 0.2) is 11.6 Å². The second-order valence-corrected chi connectivity index (χ2v) is 7.60. The highest BCUT2D eigenvalue weighted by molar-refractivity contribution is 6.00. The first-order valence-electron chi connectivity index (χ1n) is 10.00. The molecule has 1 N–H and O–H groups in total. The molecule has 1 fully saturated rings. The van der Waals surface area contributed by atoms with Crippen LogP contribution in [0.3, 0.4) is 0 Å². The van der Waals surface area contributed by atoms with Gasteiger partial charge in [0.2, 0.25) is 0 Å². The average Bonchev–Trinajstić information content (AvgIpc) is 3.14. The van der Waals surface area contributed by atoms with Gasteiger partial charge in [0.05, 0.1) is 0 Å². The lowest BCUT2D eigenvalue weighted by molar-refractivity contribution is 0.0908. The van der Waals surface area contributed by atoms with Crippen molar-refractivity contribution in [1.29, 1.82) is 0 Å². The number of amides is 1. The summed E-state index contributed by atoms with van der Waals surface area (Å²) in [5, 5.41) is 7.17. The molecule has 0 saturated carbocycles. The number of nitrogens with one attached hydrogen (secondary N) is 1. The number of carbonyl (C=O) groups is 1. The Labute approximate surface area is 173 Å². The van der Waals surface area contributed by atoms with Crippen LogP contribution in [0.4, 0.5) is 8.78 Å². The Kier molecular flexibility index (Phi) is 5.90. The molecule has 0 aliphatic carbocycles. The monoisotopic (exact) mass is 411 g/mol. The Morgan fingerprint density at radius 2 is 1.87 bits per heavy atom. The first kappa shape index (κ1) is 20.2. The quantitative estimate of drug-likeness (QED) is 0.679. The normalized spacial score (nSPS) is 15.3. The van der Waals surface area contributed by atoms with Gasteiger partial charge in [-0.1, -0.05) is 41.6 Å². The first-order valence-corrected chi connectivity index (χ1v) is 10.00. The Bertz CT molecular complexity index is 1030. The van der Waals surface area contributed by atoms with Gasteiger partial charge < -0.3 is 9.84 Å². The van der Waals surface area contributed by atoms with Gasteiger partial charge in [-0.15, -0.1) is 0 Å². The minimum atomic E-state index is -0.834. The summed E-state index contributed by atoms with van der Waals surface area (Å²) >= 11 is 0. The Balaban J connectivity index is 1.36. The molecular formula is C23H23F2N3O2. The maximum Gasteiger partial charge on any atom is 0.257 e. The molecule has 0 radical (unpaired) electrons. The number of likely N-dealkylation sites (tertiary alicyclic amines) is 1. The fourth-order valence-corrected chi connectivity index (χ4v) is 3.82. The van der Waals surface area contributed by atoms with E-state index in [9.17, 15) is 13.6 Å². The van der Waals surface area contributed by atoms with Crippen molar-refractivity contribution in [2.45, 2.75) is 32.4 Å². The third-order valence-electron chi connectivity index (χ3n) is 5.45. The van der Waals surface area contributed by atoms with Crippen LogP contribution >= 0.6 is 0 Å². The third kappa shape index (κ3) is 4.41. The van der Waals surface area contributed by atoms with Gasteiger partial charge in [0.25, 0.3) is 5.91 Å². The molecule has 0 unspecified atom stereocenters. The fraction of sp³-hybridized carbons (Fsp3) is 0.304. The van der Waals surface area contributed by atoms with Crippen LogP contribution in [0, 0.1) is 18.6 Å². The smallest absolute Gasteiger partial charge is 0.257 e. The number of aryl methyl sites for hydroxylation is 1. The molecule has 0 atom stereocenters. The number of aromatic nitrogens is 1. The maximum atomic E-state index is 13.4. The van der Waals surface area contributed by atoms with E-state index in [0.29, 0.717) is 23.6 Å². The molecule has 3 aromatic rings. The van der Waals surface area contributed by atoms with Gasteiger partial charge in [-0.3, -0.25) is 9.69 Å². The zero-order chi connectivity index (χ0) is 21.1. The lowest BCUT2D eigenvalue weighted by Gasteiger charge is -2.32. The SMILES string of the molecule is Cc1onc(-c2ccccc2)c1C(=O)NC1CCN(Cc2ccc(F)c(F)c2)CC1. The summed E-state index contributed by atoms with van der Waals surface area (Å²) in [5.41, 5.74) is 2.58. The molecule has 4 rings (SSSR count). The second kappa shape index (κ2) is 8.75. The summed E-state index contributed by atoms with van der Waals surface area (Å²) in [6, 6.07) is 13.5. The number of benzene rings is 2. The van der Waals surface area contributed by atoms with Crippen molar-refractivity contribution < 1.29 is 18.1 Å². The van der Waals surface area contributed by atoms with Gasteiger partial charge in [-0.2, -0.15) is 0 Å². The van der Waals surface area contributed by atoms with Crippen molar-refractivity contribution in [2.75, 3.05) is 13.1 Å². The van der Waals surface area contributed by atoms with Crippen molar-refractivity contribution in [2.24, 2.45) is 0 Å². The number of carbonyl (C=O) groups excluding carboxylic acids is 1. The predicted molar refractivity (Wildman–Crippen MR) is 109 cm³/mol. The highest BCUT2D eigenvalue weighted by Gasteiger charge is 2.26. The van der Waals surface area contributed by atoms with E-state index in [-0.39, 0.29) is 11.9 Å². The molecule has 1 aliphatic rings. The van der Waals surface area contributed by atoms with E-state index >= 15 is 0 Å². The molecular weight excluding hydrogens is 388 g/mol. The van der Waals surface area contributed by atoms with Gasteiger partial charge in [-0.05, 0) is 37.5 Å². The summed E-state index contributed by atoms with van der Waals surface area (Å²) in [6.45, 7) is 3.82. The summed E-state index contributed by atoms with van der Waals surface area (Å²) in [5.74, 6) is -1.36. The number of halogens is 2. The fourth-order valence-electron chi connectivity index (χ4n) is 3.82. The molecule has 5 nitrogen and oxygen atoms in total. The molecule has 2 aromatic carbocycles. The van der Waals surface area contributed by atoms with E-state index in [1.54, 1.807) is 13.0 Å². The molecule has 1 aliphatic heterocycles. The molecule has 1 amide bonds. The molecule has 30 heavy (non-hydrogen) atoms. The van der Waals surface area contributed by atoms with Crippen molar-refractivity contribution >= 4 is 5.91 Å². The van der Waals surface area contributed by atoms with Gasteiger partial charge >= 0.3 is 0 Å². The van der Waals surface area contributed by atoms with Crippen molar-refractivity contribution in [3.63, 3.8) is 0 Å². The first-order chi connectivity index (χ1) is 14.5. The van der Waals surface area contributed by atoms with Crippen molar-refractivity contribution in [3.05, 3.63) is 77.1 Å². The van der Waals surface area contributed by atoms with Crippen LogP contribution in [-0.4, -0.2) is 35.1 Å². The van der Waals surface area contributed by atoms with Crippen LogP contribution in [-0.2, 0) is 6.54 Å². The predicted octanol–water partition coefficient (Wildman–Crippen LogP) is 4.32. The van der Waals surface area contributed by atoms with E-state index in [1.807, 2.05) is 30.3 Å². The highest BCUT2D eigenvalue weighted by atomic mass is 19.2. The zero-order valence-corrected chi connectivity index (χ0v) is 16.7. The summed E-state index contributed by atoms with van der Waals surface area (Å²) in [6.07, 6.45) is 1.56. The van der Waals surface area contributed by atoms with Crippen LogP contribution in [0.2, 0.25) is 0 Å². The number of rotatable bonds is 5. The number of hydrogen-bond donors (Lipinski definition) is 1. The lowest BCUT2D eigenvalue weighted by atomic mass is 10.0. The molecule has 1 saturated heterocycles. The van der Waals surface area contributed by atoms with E-state index < -0.39 is 11.6 Å². The zero-order valence-electron chi connectivity index (χ0n) is 16.7. The third-order valence-corrected chi connectivity index (χ3v) is 5.45. The average molecular weight is 411 g/mol. The standard InChI is InChI=1S/C23H23F2N3O2/c1-15-21(22(27-30-15)17-5-3-2-4-6-17)23(29)26-18-9-11-28(12-10-18)14-16-7-8-19(24)20(25)13-16/h2-8,13,18H,9-12,14H2,1H3,(H,26,29). The van der Waals surface area contributed by atoms with Crippen LogP contribution in [0.25, 0.3) is 11.3 Å². The molecule has 7 heteroatoms. The number of piperidine rings is 1. The Morgan fingerprint density at radius 3 is 2.57 bits per heavy atom. The largest absolute Gasteiger partial charge is 0.360 e. The van der Waals surface area contributed by atoms with E-state index in [4.69, 9.17) is 4.52 Å². The topological polar surface area (TPSA) is 58.4 Å². The van der Waals surface area contributed by atoms with Crippen LogP contribution < -0.4 is 5.32 Å². The van der Waals surface area contributed by atoms with Crippen LogP contribution in [0.15, 0.2) is 53.1 Å². The summed E-state index contributed by atoms with van der Waals surface area (Å²) in [4.78, 5) is 15.1.